The van der Waals surface area contributed by atoms with E-state index in [4.69, 9.17) is 0 Å². The second kappa shape index (κ2) is 3.78. The van der Waals surface area contributed by atoms with Crippen molar-refractivity contribution in [2.75, 3.05) is 0 Å². The van der Waals surface area contributed by atoms with Crippen molar-refractivity contribution in [1.29, 1.82) is 0 Å². The Morgan fingerprint density at radius 2 is 1.77 bits per heavy atom. The molecule has 0 bridgehead atoms. The summed E-state index contributed by atoms with van der Waals surface area (Å²) in [6.07, 6.45) is 1.23. The van der Waals surface area contributed by atoms with Crippen LogP contribution < -0.4 is 0 Å². The van der Waals surface area contributed by atoms with Crippen molar-refractivity contribution in [3.63, 3.8) is 0 Å². The fourth-order valence-electron chi connectivity index (χ4n) is 1.20. The van der Waals surface area contributed by atoms with Gasteiger partial charge in [0.2, 0.25) is 6.08 Å². The molecule has 1 amide bonds. The van der Waals surface area contributed by atoms with Gasteiger partial charge < -0.3 is 0 Å². The second-order valence-electron chi connectivity index (χ2n) is 2.88. The zero-order chi connectivity index (χ0) is 9.84. The van der Waals surface area contributed by atoms with Gasteiger partial charge in [0, 0.05) is 5.56 Å². The van der Waals surface area contributed by atoms with Crippen molar-refractivity contribution in [1.82, 2.24) is 0 Å². The number of rotatable bonds is 1. The third kappa shape index (κ3) is 2.36. The molecule has 0 radical (unpaired) electrons. The van der Waals surface area contributed by atoms with Crippen molar-refractivity contribution < 1.29 is 9.59 Å². The standard InChI is InChI=1S/C10H9NO2/c1-7-3-8(2)5-9(4-7)10(13)11-6-12/h3-5H,1-2H3. The highest BCUT2D eigenvalue weighted by Gasteiger charge is 2.04. The predicted octanol–water partition coefficient (Wildman–Crippen LogP) is 1.78. The molecule has 0 aliphatic rings. The molecule has 0 aromatic heterocycles. The molecule has 3 heteroatoms. The van der Waals surface area contributed by atoms with Crippen LogP contribution >= 0.6 is 0 Å². The van der Waals surface area contributed by atoms with Crippen LogP contribution in [0.5, 0.6) is 0 Å². The van der Waals surface area contributed by atoms with Gasteiger partial charge in [-0.25, -0.2) is 4.79 Å². The second-order valence-corrected chi connectivity index (χ2v) is 2.88. The van der Waals surface area contributed by atoms with Crippen molar-refractivity contribution in [3.8, 4) is 0 Å². The van der Waals surface area contributed by atoms with E-state index in [0.717, 1.165) is 11.1 Å². The summed E-state index contributed by atoms with van der Waals surface area (Å²) in [6, 6.07) is 5.33. The van der Waals surface area contributed by atoms with E-state index in [9.17, 15) is 9.59 Å². The first-order valence-electron chi connectivity index (χ1n) is 3.84. The normalized spacial score (nSPS) is 9.08. The first-order chi connectivity index (χ1) is 6.13. The summed E-state index contributed by atoms with van der Waals surface area (Å²) >= 11 is 0. The Hall–Kier alpha value is -1.73. The highest BCUT2D eigenvalue weighted by atomic mass is 16.2. The summed E-state index contributed by atoms with van der Waals surface area (Å²) in [7, 11) is 0. The van der Waals surface area contributed by atoms with Gasteiger partial charge in [0.1, 0.15) is 0 Å². The van der Waals surface area contributed by atoms with Crippen LogP contribution in [-0.2, 0) is 4.79 Å². The smallest absolute Gasteiger partial charge is 0.266 e. The van der Waals surface area contributed by atoms with Crippen LogP contribution in [0, 0.1) is 13.8 Å². The molecule has 1 rings (SSSR count). The molecule has 1 aromatic carbocycles. The molecule has 13 heavy (non-hydrogen) atoms. The Morgan fingerprint density at radius 1 is 1.23 bits per heavy atom. The van der Waals surface area contributed by atoms with Gasteiger partial charge in [-0.2, -0.15) is 0 Å². The molecule has 0 aliphatic carbocycles. The third-order valence-electron chi connectivity index (χ3n) is 1.62. The van der Waals surface area contributed by atoms with Crippen LogP contribution in [0.4, 0.5) is 0 Å². The van der Waals surface area contributed by atoms with Gasteiger partial charge in [-0.15, -0.1) is 4.99 Å². The largest absolute Gasteiger partial charge is 0.287 e. The van der Waals surface area contributed by atoms with Crippen LogP contribution in [0.25, 0.3) is 0 Å². The number of aryl methyl sites for hydroxylation is 2. The van der Waals surface area contributed by atoms with E-state index in [2.05, 4.69) is 4.99 Å². The van der Waals surface area contributed by atoms with Crippen molar-refractivity contribution >= 4 is 12.0 Å². The molecular weight excluding hydrogens is 166 g/mol. The maximum atomic E-state index is 11.1. The van der Waals surface area contributed by atoms with Crippen molar-refractivity contribution in [2.24, 2.45) is 4.99 Å². The lowest BCUT2D eigenvalue weighted by Gasteiger charge is -1.99. The minimum Gasteiger partial charge on any atom is -0.266 e. The van der Waals surface area contributed by atoms with E-state index in [1.807, 2.05) is 19.9 Å². The van der Waals surface area contributed by atoms with E-state index in [1.165, 1.54) is 6.08 Å². The van der Waals surface area contributed by atoms with Gasteiger partial charge in [-0.3, -0.25) is 4.79 Å². The zero-order valence-corrected chi connectivity index (χ0v) is 7.50. The molecule has 1 aromatic rings. The maximum Gasteiger partial charge on any atom is 0.287 e. The minimum absolute atomic E-state index is 0.431. The Morgan fingerprint density at radius 3 is 2.23 bits per heavy atom. The van der Waals surface area contributed by atoms with Gasteiger partial charge in [-0.05, 0) is 26.0 Å². The number of hydrogen-bond acceptors (Lipinski definition) is 2. The summed E-state index contributed by atoms with van der Waals surface area (Å²) in [5.41, 5.74) is 2.38. The molecule has 0 spiro atoms. The molecule has 0 aliphatic heterocycles. The molecule has 0 atom stereocenters. The van der Waals surface area contributed by atoms with Crippen molar-refractivity contribution in [2.45, 2.75) is 13.8 Å². The zero-order valence-electron chi connectivity index (χ0n) is 7.50. The van der Waals surface area contributed by atoms with Crippen LogP contribution in [0.15, 0.2) is 23.2 Å². The minimum atomic E-state index is -0.540. The lowest BCUT2D eigenvalue weighted by Crippen LogP contribution is -1.95. The SMILES string of the molecule is Cc1cc(C)cc(C(=O)N=C=O)c1. The van der Waals surface area contributed by atoms with E-state index in [1.54, 1.807) is 12.1 Å². The fourth-order valence-corrected chi connectivity index (χ4v) is 1.20. The number of aliphatic imine (C=N–C) groups is 1. The van der Waals surface area contributed by atoms with Gasteiger partial charge in [0.25, 0.3) is 5.91 Å². The number of carbonyl (C=O) groups is 1. The molecule has 3 nitrogen and oxygen atoms in total. The molecule has 0 saturated carbocycles. The first-order valence-corrected chi connectivity index (χ1v) is 3.84. The van der Waals surface area contributed by atoms with Crippen LogP contribution in [-0.4, -0.2) is 12.0 Å². The highest BCUT2D eigenvalue weighted by molar-refractivity contribution is 5.97. The van der Waals surface area contributed by atoms with Gasteiger partial charge >= 0.3 is 0 Å². The number of hydrogen-bond donors (Lipinski definition) is 0. The lowest BCUT2D eigenvalue weighted by atomic mass is 10.1. The number of nitrogens with zero attached hydrogens (tertiary/aromatic N) is 1. The van der Waals surface area contributed by atoms with E-state index >= 15 is 0 Å². The summed E-state index contributed by atoms with van der Waals surface area (Å²) in [6.45, 7) is 3.77. The molecule has 0 unspecified atom stereocenters. The Balaban J connectivity index is 3.15. The van der Waals surface area contributed by atoms with Crippen molar-refractivity contribution in [3.05, 3.63) is 34.9 Å². The fraction of sp³-hybridized carbons (Fsp3) is 0.200. The summed E-state index contributed by atoms with van der Waals surface area (Å²) in [5, 5.41) is 0. The molecule has 66 valence electrons. The molecule has 0 saturated heterocycles. The summed E-state index contributed by atoms with van der Waals surface area (Å²) < 4.78 is 0. The van der Waals surface area contributed by atoms with Gasteiger partial charge in [-0.1, -0.05) is 17.2 Å². The Labute approximate surface area is 76.1 Å². The van der Waals surface area contributed by atoms with Gasteiger partial charge in [0.05, 0.1) is 0 Å². The predicted molar refractivity (Wildman–Crippen MR) is 48.4 cm³/mol. The molecule has 0 heterocycles. The van der Waals surface area contributed by atoms with E-state index in [-0.39, 0.29) is 0 Å². The van der Waals surface area contributed by atoms with E-state index < -0.39 is 5.91 Å². The highest BCUT2D eigenvalue weighted by Crippen LogP contribution is 2.09. The average molecular weight is 175 g/mol. The maximum absolute atomic E-state index is 11.1. The number of isocyanates is 1. The average Bonchev–Trinajstić information content (AvgIpc) is 2.03. The Bertz CT molecular complexity index is 370. The summed E-state index contributed by atoms with van der Waals surface area (Å²) in [5.74, 6) is -0.540. The van der Waals surface area contributed by atoms with Crippen LogP contribution in [0.3, 0.4) is 0 Å². The van der Waals surface area contributed by atoms with Crippen LogP contribution in [0.2, 0.25) is 0 Å². The monoisotopic (exact) mass is 175 g/mol. The first kappa shape index (κ1) is 9.36. The topological polar surface area (TPSA) is 46.5 Å². The molecule has 0 fully saturated rings. The lowest BCUT2D eigenvalue weighted by molar-refractivity contribution is 0.100. The molecule has 0 N–H and O–H groups in total. The quantitative estimate of drug-likeness (QED) is 0.482. The van der Waals surface area contributed by atoms with Crippen LogP contribution in [0.1, 0.15) is 21.5 Å². The number of amides is 1. The third-order valence-corrected chi connectivity index (χ3v) is 1.62. The summed E-state index contributed by atoms with van der Waals surface area (Å²) in [4.78, 5) is 24.0. The van der Waals surface area contributed by atoms with E-state index in [0.29, 0.717) is 5.56 Å². The molecular formula is C10H9NO2. The number of benzene rings is 1. The Kier molecular flexibility index (Phi) is 2.72. The number of carbonyl (C=O) groups excluding carboxylic acids is 2. The van der Waals surface area contributed by atoms with Gasteiger partial charge in [0.15, 0.2) is 0 Å².